The smallest absolute Gasteiger partial charge is 0.256 e. The number of amides is 2. The second kappa shape index (κ2) is 8.55. The van der Waals surface area contributed by atoms with E-state index in [1.54, 1.807) is 35.5 Å². The minimum atomic E-state index is -0.494. The van der Waals surface area contributed by atoms with Crippen LogP contribution in [0.1, 0.15) is 44.0 Å². The number of ketones is 1. The number of rotatable bonds is 5. The van der Waals surface area contributed by atoms with Crippen LogP contribution in [0.5, 0.6) is 0 Å². The Labute approximate surface area is 170 Å². The van der Waals surface area contributed by atoms with Gasteiger partial charge in [-0.15, -0.1) is 0 Å². The van der Waals surface area contributed by atoms with E-state index in [0.29, 0.717) is 30.8 Å². The number of hydrogen-bond acceptors (Lipinski definition) is 5. The summed E-state index contributed by atoms with van der Waals surface area (Å²) in [6.07, 6.45) is 4.55. The van der Waals surface area contributed by atoms with Crippen molar-refractivity contribution in [1.29, 1.82) is 0 Å². The number of likely N-dealkylation sites (tertiary alicyclic amines) is 1. The van der Waals surface area contributed by atoms with E-state index in [0.717, 1.165) is 6.42 Å². The van der Waals surface area contributed by atoms with E-state index in [1.165, 1.54) is 4.80 Å². The number of carbonyl (C=O) groups is 3. The zero-order valence-electron chi connectivity index (χ0n) is 17.1. The van der Waals surface area contributed by atoms with E-state index in [1.807, 2.05) is 26.8 Å². The molecule has 0 aliphatic carbocycles. The molecule has 1 aliphatic rings. The van der Waals surface area contributed by atoms with Crippen molar-refractivity contribution in [2.75, 3.05) is 19.6 Å². The van der Waals surface area contributed by atoms with Crippen molar-refractivity contribution < 1.29 is 14.4 Å². The SMILES string of the molecule is CC(C)(C)C(=O)CNC(=O)C1CCCN(C(=O)c2ccccc2-n2nccn2)C1. The number of para-hydroxylation sites is 1. The van der Waals surface area contributed by atoms with Crippen LogP contribution in [-0.4, -0.2) is 57.1 Å². The lowest BCUT2D eigenvalue weighted by Gasteiger charge is -2.32. The highest BCUT2D eigenvalue weighted by Gasteiger charge is 2.31. The Hall–Kier alpha value is -3.03. The van der Waals surface area contributed by atoms with Gasteiger partial charge >= 0.3 is 0 Å². The minimum absolute atomic E-state index is 0.0145. The summed E-state index contributed by atoms with van der Waals surface area (Å²) in [4.78, 5) is 40.9. The van der Waals surface area contributed by atoms with Crippen LogP contribution in [-0.2, 0) is 9.59 Å². The quantitative estimate of drug-likeness (QED) is 0.830. The molecule has 2 aromatic rings. The van der Waals surface area contributed by atoms with Crippen molar-refractivity contribution in [3.63, 3.8) is 0 Å². The van der Waals surface area contributed by atoms with Gasteiger partial charge in [0.1, 0.15) is 0 Å². The fourth-order valence-corrected chi connectivity index (χ4v) is 3.29. The lowest BCUT2D eigenvalue weighted by molar-refractivity contribution is -0.131. The largest absolute Gasteiger partial charge is 0.349 e. The van der Waals surface area contributed by atoms with Gasteiger partial charge < -0.3 is 10.2 Å². The molecule has 0 saturated carbocycles. The Kier molecular flexibility index (Phi) is 6.10. The van der Waals surface area contributed by atoms with Crippen LogP contribution < -0.4 is 5.32 Å². The average molecular weight is 397 g/mol. The molecule has 1 fully saturated rings. The molecule has 0 bridgehead atoms. The van der Waals surface area contributed by atoms with Gasteiger partial charge in [0.05, 0.1) is 36.1 Å². The Bertz CT molecular complexity index is 886. The first-order chi connectivity index (χ1) is 13.8. The summed E-state index contributed by atoms with van der Waals surface area (Å²) in [7, 11) is 0. The third-order valence-electron chi connectivity index (χ3n) is 5.11. The van der Waals surface area contributed by atoms with E-state index in [2.05, 4.69) is 15.5 Å². The summed E-state index contributed by atoms with van der Waals surface area (Å²) < 4.78 is 0. The van der Waals surface area contributed by atoms with Crippen molar-refractivity contribution >= 4 is 17.6 Å². The summed E-state index contributed by atoms with van der Waals surface area (Å²) >= 11 is 0. The average Bonchev–Trinajstić information content (AvgIpc) is 3.25. The molecule has 0 spiro atoms. The predicted molar refractivity (Wildman–Crippen MR) is 107 cm³/mol. The number of nitrogens with zero attached hydrogens (tertiary/aromatic N) is 4. The number of carbonyl (C=O) groups excluding carboxylic acids is 3. The Morgan fingerprint density at radius 1 is 1.14 bits per heavy atom. The molecule has 2 heterocycles. The van der Waals surface area contributed by atoms with Crippen LogP contribution in [0.15, 0.2) is 36.7 Å². The van der Waals surface area contributed by atoms with Gasteiger partial charge in [-0.2, -0.15) is 15.0 Å². The number of hydrogen-bond donors (Lipinski definition) is 1. The molecule has 154 valence electrons. The lowest BCUT2D eigenvalue weighted by atomic mass is 9.90. The van der Waals surface area contributed by atoms with Crippen molar-refractivity contribution in [1.82, 2.24) is 25.2 Å². The third kappa shape index (κ3) is 4.88. The number of nitrogens with one attached hydrogen (secondary N) is 1. The zero-order chi connectivity index (χ0) is 21.0. The molecule has 29 heavy (non-hydrogen) atoms. The molecule has 1 atom stereocenters. The molecule has 1 aliphatic heterocycles. The van der Waals surface area contributed by atoms with Gasteiger partial charge in [0, 0.05) is 18.5 Å². The van der Waals surface area contributed by atoms with Gasteiger partial charge in [-0.25, -0.2) is 0 Å². The minimum Gasteiger partial charge on any atom is -0.349 e. The maximum atomic E-state index is 13.2. The molecule has 1 unspecified atom stereocenters. The van der Waals surface area contributed by atoms with Crippen LogP contribution >= 0.6 is 0 Å². The summed E-state index contributed by atoms with van der Waals surface area (Å²) in [5.74, 6) is -0.672. The number of aromatic nitrogens is 3. The van der Waals surface area contributed by atoms with Gasteiger partial charge in [-0.3, -0.25) is 14.4 Å². The predicted octanol–water partition coefficient (Wildman–Crippen LogP) is 1.85. The summed E-state index contributed by atoms with van der Waals surface area (Å²) in [5, 5.41) is 11.0. The van der Waals surface area contributed by atoms with Crippen molar-refractivity contribution in [2.45, 2.75) is 33.6 Å². The highest BCUT2D eigenvalue weighted by molar-refractivity contribution is 5.98. The van der Waals surface area contributed by atoms with Crippen LogP contribution in [0.3, 0.4) is 0 Å². The zero-order valence-corrected chi connectivity index (χ0v) is 17.1. The molecular formula is C21H27N5O3. The second-order valence-corrected chi connectivity index (χ2v) is 8.32. The molecule has 3 rings (SSSR count). The van der Waals surface area contributed by atoms with Crippen LogP contribution in [0.25, 0.3) is 5.69 Å². The monoisotopic (exact) mass is 397 g/mol. The fourth-order valence-electron chi connectivity index (χ4n) is 3.29. The first-order valence-electron chi connectivity index (χ1n) is 9.83. The van der Waals surface area contributed by atoms with Crippen molar-refractivity contribution in [3.8, 4) is 5.69 Å². The van der Waals surface area contributed by atoms with E-state index >= 15 is 0 Å². The number of piperidine rings is 1. The van der Waals surface area contributed by atoms with Crippen molar-refractivity contribution in [3.05, 3.63) is 42.2 Å². The van der Waals surface area contributed by atoms with Gasteiger partial charge in [0.2, 0.25) is 5.91 Å². The van der Waals surface area contributed by atoms with Crippen LogP contribution in [0, 0.1) is 11.3 Å². The highest BCUT2D eigenvalue weighted by atomic mass is 16.2. The van der Waals surface area contributed by atoms with Gasteiger partial charge in [0.25, 0.3) is 5.91 Å². The third-order valence-corrected chi connectivity index (χ3v) is 5.11. The van der Waals surface area contributed by atoms with Gasteiger partial charge in [-0.05, 0) is 25.0 Å². The standard InChI is InChI=1S/C21H27N5O3/c1-21(2,3)18(27)13-22-19(28)15-7-6-12-25(14-15)20(29)16-8-4-5-9-17(16)26-23-10-11-24-26/h4-5,8-11,15H,6-7,12-14H2,1-3H3,(H,22,28). The topological polar surface area (TPSA) is 97.2 Å². The molecule has 1 aromatic carbocycles. The molecule has 1 N–H and O–H groups in total. The van der Waals surface area contributed by atoms with E-state index < -0.39 is 5.41 Å². The summed E-state index contributed by atoms with van der Waals surface area (Å²) in [6.45, 7) is 6.41. The first-order valence-corrected chi connectivity index (χ1v) is 9.83. The lowest BCUT2D eigenvalue weighted by Crippen LogP contribution is -2.47. The highest BCUT2D eigenvalue weighted by Crippen LogP contribution is 2.22. The number of Topliss-reactive ketones (excluding diaryl/α,β-unsaturated/α-hetero) is 1. The maximum Gasteiger partial charge on any atom is 0.256 e. The Balaban J connectivity index is 1.68. The van der Waals surface area contributed by atoms with Crippen LogP contribution in [0.2, 0.25) is 0 Å². The molecular weight excluding hydrogens is 370 g/mol. The first kappa shape index (κ1) is 20.7. The van der Waals surface area contributed by atoms with Crippen LogP contribution in [0.4, 0.5) is 0 Å². The van der Waals surface area contributed by atoms with Crippen molar-refractivity contribution in [2.24, 2.45) is 11.3 Å². The molecule has 1 aromatic heterocycles. The molecule has 8 nitrogen and oxygen atoms in total. The van der Waals surface area contributed by atoms with E-state index in [9.17, 15) is 14.4 Å². The van der Waals surface area contributed by atoms with E-state index in [4.69, 9.17) is 0 Å². The Morgan fingerprint density at radius 3 is 2.52 bits per heavy atom. The molecule has 1 saturated heterocycles. The summed E-state index contributed by atoms with van der Waals surface area (Å²) in [5.41, 5.74) is 0.601. The second-order valence-electron chi connectivity index (χ2n) is 8.32. The fraction of sp³-hybridized carbons (Fsp3) is 0.476. The Morgan fingerprint density at radius 2 is 1.83 bits per heavy atom. The van der Waals surface area contributed by atoms with Gasteiger partial charge in [0.15, 0.2) is 5.78 Å². The molecule has 8 heteroatoms. The van der Waals surface area contributed by atoms with Gasteiger partial charge in [-0.1, -0.05) is 32.9 Å². The maximum absolute atomic E-state index is 13.2. The number of benzene rings is 1. The normalized spacial score (nSPS) is 17.1. The molecule has 0 radical (unpaired) electrons. The summed E-state index contributed by atoms with van der Waals surface area (Å²) in [6, 6.07) is 7.16. The molecule has 2 amide bonds. The van der Waals surface area contributed by atoms with E-state index in [-0.39, 0.29) is 30.1 Å².